The molecule has 0 bridgehead atoms. The van der Waals surface area contributed by atoms with Crippen LogP contribution in [0.5, 0.6) is 0 Å². The molecule has 3 aromatic rings. The SMILES string of the molecule is Cc1ccc(C(C)(C)N2CC[C@@](CCc3ccc(F)s3)([C@@H](F)NC(=O)Nc3ccccc3)C2)cn1. The first-order valence-electron chi connectivity index (χ1n) is 11.9. The van der Waals surface area contributed by atoms with Gasteiger partial charge in [-0.1, -0.05) is 24.3 Å². The number of nitrogens with zero attached hydrogens (tertiary/aromatic N) is 2. The summed E-state index contributed by atoms with van der Waals surface area (Å²) >= 11 is 1.09. The van der Waals surface area contributed by atoms with Crippen molar-refractivity contribution in [3.8, 4) is 0 Å². The molecule has 0 saturated carbocycles. The third-order valence-corrected chi connectivity index (χ3v) is 8.05. The summed E-state index contributed by atoms with van der Waals surface area (Å²) in [5.41, 5.74) is 1.44. The highest BCUT2D eigenvalue weighted by molar-refractivity contribution is 7.10. The Morgan fingerprint density at radius 2 is 1.97 bits per heavy atom. The van der Waals surface area contributed by atoms with Gasteiger partial charge in [-0.05, 0) is 82.5 Å². The number of aryl methyl sites for hydroxylation is 2. The number of hydrogen-bond donors (Lipinski definition) is 2. The first-order valence-corrected chi connectivity index (χ1v) is 12.7. The van der Waals surface area contributed by atoms with E-state index in [4.69, 9.17) is 0 Å². The van der Waals surface area contributed by atoms with Gasteiger partial charge in [0.1, 0.15) is 0 Å². The highest BCUT2D eigenvalue weighted by Gasteiger charge is 2.49. The number of carbonyl (C=O) groups excluding carboxylic acids is 1. The van der Waals surface area contributed by atoms with E-state index in [2.05, 4.69) is 40.4 Å². The van der Waals surface area contributed by atoms with Gasteiger partial charge in [0.05, 0.1) is 0 Å². The molecule has 0 spiro atoms. The predicted molar refractivity (Wildman–Crippen MR) is 137 cm³/mol. The Morgan fingerprint density at radius 3 is 2.63 bits per heavy atom. The Labute approximate surface area is 209 Å². The van der Waals surface area contributed by atoms with Crippen molar-refractivity contribution in [1.29, 1.82) is 0 Å². The van der Waals surface area contributed by atoms with Crippen LogP contribution in [-0.2, 0) is 12.0 Å². The molecule has 2 atom stereocenters. The summed E-state index contributed by atoms with van der Waals surface area (Å²) in [7, 11) is 0. The third-order valence-electron chi connectivity index (χ3n) is 7.12. The summed E-state index contributed by atoms with van der Waals surface area (Å²) in [4.78, 5) is 20.2. The molecule has 1 aliphatic heterocycles. The van der Waals surface area contributed by atoms with Gasteiger partial charge in [-0.2, -0.15) is 4.39 Å². The molecular weight excluding hydrogens is 466 g/mol. The van der Waals surface area contributed by atoms with Gasteiger partial charge < -0.3 is 10.6 Å². The monoisotopic (exact) mass is 498 g/mol. The van der Waals surface area contributed by atoms with Gasteiger partial charge >= 0.3 is 6.03 Å². The van der Waals surface area contributed by atoms with E-state index in [1.54, 1.807) is 30.3 Å². The average molecular weight is 499 g/mol. The van der Waals surface area contributed by atoms with Crippen molar-refractivity contribution in [3.05, 3.63) is 82.1 Å². The number of pyridine rings is 1. The van der Waals surface area contributed by atoms with E-state index >= 15 is 4.39 Å². The lowest BCUT2D eigenvalue weighted by Crippen LogP contribution is -2.50. The number of halogens is 2. The number of aromatic nitrogens is 1. The van der Waals surface area contributed by atoms with Crippen molar-refractivity contribution in [2.45, 2.75) is 51.9 Å². The average Bonchev–Trinajstić information content (AvgIpc) is 3.46. The lowest BCUT2D eigenvalue weighted by atomic mass is 9.80. The largest absolute Gasteiger partial charge is 0.321 e. The maximum absolute atomic E-state index is 16.0. The molecular formula is C27H32F2N4OS. The van der Waals surface area contributed by atoms with E-state index in [0.29, 0.717) is 38.0 Å². The second-order valence-electron chi connectivity index (χ2n) is 9.81. The number of alkyl halides is 1. The fraction of sp³-hybridized carbons (Fsp3) is 0.407. The number of para-hydroxylation sites is 1. The zero-order valence-electron chi connectivity index (χ0n) is 20.4. The number of urea groups is 1. The van der Waals surface area contributed by atoms with Crippen molar-refractivity contribution < 1.29 is 13.6 Å². The zero-order chi connectivity index (χ0) is 25.1. The maximum atomic E-state index is 16.0. The topological polar surface area (TPSA) is 57.3 Å². The first-order chi connectivity index (χ1) is 16.7. The van der Waals surface area contributed by atoms with Crippen LogP contribution in [0.25, 0.3) is 0 Å². The lowest BCUT2D eigenvalue weighted by molar-refractivity contribution is 0.0595. The van der Waals surface area contributed by atoms with Gasteiger partial charge in [-0.25, -0.2) is 9.18 Å². The summed E-state index contributed by atoms with van der Waals surface area (Å²) in [6.45, 7) is 7.33. The van der Waals surface area contributed by atoms with Crippen LogP contribution in [0.15, 0.2) is 60.8 Å². The molecule has 2 aromatic heterocycles. The van der Waals surface area contributed by atoms with Gasteiger partial charge in [0, 0.05) is 40.0 Å². The van der Waals surface area contributed by atoms with E-state index in [1.807, 2.05) is 25.3 Å². The van der Waals surface area contributed by atoms with Crippen LogP contribution in [0, 0.1) is 17.5 Å². The van der Waals surface area contributed by atoms with Gasteiger partial charge in [0.15, 0.2) is 11.4 Å². The molecule has 35 heavy (non-hydrogen) atoms. The number of benzene rings is 1. The van der Waals surface area contributed by atoms with Crippen molar-refractivity contribution in [2.24, 2.45) is 5.41 Å². The highest BCUT2D eigenvalue weighted by Crippen LogP contribution is 2.44. The standard InChI is InChI=1S/C27H32F2N4OS/c1-19-9-10-20(17-30-19)26(2,3)33-16-15-27(18-33,14-13-22-11-12-23(28)35-22)24(29)32-25(34)31-21-7-5-4-6-8-21/h4-12,17,24H,13-16,18H2,1-3H3,(H2,31,32,34)/t24-,27+/m0/s1. The molecule has 1 aromatic carbocycles. The second kappa shape index (κ2) is 10.4. The molecule has 8 heteroatoms. The van der Waals surface area contributed by atoms with Crippen LogP contribution < -0.4 is 10.6 Å². The Balaban J connectivity index is 1.52. The van der Waals surface area contributed by atoms with Crippen LogP contribution in [-0.4, -0.2) is 35.3 Å². The van der Waals surface area contributed by atoms with Gasteiger partial charge in [-0.15, -0.1) is 11.3 Å². The molecule has 3 heterocycles. The molecule has 5 nitrogen and oxygen atoms in total. The van der Waals surface area contributed by atoms with Gasteiger partial charge in [-0.3, -0.25) is 9.88 Å². The molecule has 4 rings (SSSR count). The molecule has 2 amide bonds. The maximum Gasteiger partial charge on any atom is 0.321 e. The summed E-state index contributed by atoms with van der Waals surface area (Å²) < 4.78 is 29.5. The normalized spacial score (nSPS) is 19.5. The van der Waals surface area contributed by atoms with Crippen LogP contribution in [0.2, 0.25) is 0 Å². The highest BCUT2D eigenvalue weighted by atomic mass is 32.1. The Bertz CT molecular complexity index is 1140. The predicted octanol–water partition coefficient (Wildman–Crippen LogP) is 6.27. The minimum absolute atomic E-state index is 0.243. The molecule has 1 aliphatic rings. The van der Waals surface area contributed by atoms with E-state index in [9.17, 15) is 9.18 Å². The van der Waals surface area contributed by atoms with Gasteiger partial charge in [0.25, 0.3) is 0 Å². The van der Waals surface area contributed by atoms with E-state index in [-0.39, 0.29) is 10.7 Å². The Kier molecular flexibility index (Phi) is 7.52. The number of carbonyl (C=O) groups is 1. The zero-order valence-corrected chi connectivity index (χ0v) is 21.2. The van der Waals surface area contributed by atoms with Crippen LogP contribution in [0.4, 0.5) is 19.3 Å². The summed E-state index contributed by atoms with van der Waals surface area (Å²) in [6.07, 6.45) is 1.95. The first kappa shape index (κ1) is 25.3. The third kappa shape index (κ3) is 5.87. The van der Waals surface area contributed by atoms with Gasteiger partial charge in [0.2, 0.25) is 0 Å². The number of amides is 2. The second-order valence-corrected chi connectivity index (χ2v) is 10.9. The fourth-order valence-corrected chi connectivity index (χ4v) is 5.46. The quantitative estimate of drug-likeness (QED) is 0.360. The Morgan fingerprint density at radius 1 is 1.20 bits per heavy atom. The molecule has 0 radical (unpaired) electrons. The van der Waals surface area contributed by atoms with Crippen molar-refractivity contribution in [3.63, 3.8) is 0 Å². The Hall–Kier alpha value is -2.84. The van der Waals surface area contributed by atoms with E-state index < -0.39 is 17.7 Å². The number of anilines is 1. The van der Waals surface area contributed by atoms with Crippen LogP contribution in [0.1, 0.15) is 42.8 Å². The fourth-order valence-electron chi connectivity index (χ4n) is 4.74. The lowest BCUT2D eigenvalue weighted by Gasteiger charge is -2.39. The van der Waals surface area contributed by atoms with Crippen LogP contribution >= 0.6 is 11.3 Å². The summed E-state index contributed by atoms with van der Waals surface area (Å²) in [6, 6.07) is 15.6. The summed E-state index contributed by atoms with van der Waals surface area (Å²) in [5.74, 6) is 0. The number of likely N-dealkylation sites (tertiary alicyclic amines) is 1. The number of hydrogen-bond acceptors (Lipinski definition) is 4. The van der Waals surface area contributed by atoms with Crippen molar-refractivity contribution in [1.82, 2.24) is 15.2 Å². The molecule has 0 aliphatic carbocycles. The van der Waals surface area contributed by atoms with Crippen LogP contribution in [0.3, 0.4) is 0 Å². The molecule has 0 unspecified atom stereocenters. The number of nitrogens with one attached hydrogen (secondary N) is 2. The minimum atomic E-state index is -1.56. The van der Waals surface area contributed by atoms with Crippen molar-refractivity contribution in [2.75, 3.05) is 18.4 Å². The minimum Gasteiger partial charge on any atom is -0.308 e. The van der Waals surface area contributed by atoms with Crippen molar-refractivity contribution >= 4 is 23.1 Å². The molecule has 1 saturated heterocycles. The molecule has 186 valence electrons. The number of thiophene rings is 1. The number of rotatable bonds is 8. The van der Waals surface area contributed by atoms with E-state index in [0.717, 1.165) is 27.5 Å². The van der Waals surface area contributed by atoms with E-state index in [1.165, 1.54) is 6.07 Å². The molecule has 2 N–H and O–H groups in total. The summed E-state index contributed by atoms with van der Waals surface area (Å²) in [5, 5.41) is 5.01. The molecule has 1 fully saturated rings. The smallest absolute Gasteiger partial charge is 0.308 e.